The molecule has 2 rings (SSSR count). The van der Waals surface area contributed by atoms with Gasteiger partial charge in [0.05, 0.1) is 18.8 Å². The van der Waals surface area contributed by atoms with Crippen molar-refractivity contribution in [1.82, 2.24) is 4.98 Å². The number of nitrogens with one attached hydrogen (secondary N) is 1. The van der Waals surface area contributed by atoms with Gasteiger partial charge in [0.1, 0.15) is 0 Å². The highest BCUT2D eigenvalue weighted by Crippen LogP contribution is 2.27. The minimum absolute atomic E-state index is 0.292. The number of ether oxygens (including phenoxy) is 2. The van der Waals surface area contributed by atoms with Gasteiger partial charge in [-0.2, -0.15) is 0 Å². The first-order chi connectivity index (χ1) is 8.72. The van der Waals surface area contributed by atoms with Crippen molar-refractivity contribution in [3.8, 4) is 5.75 Å². The lowest BCUT2D eigenvalue weighted by Crippen LogP contribution is -2.07. The molecule has 1 aliphatic rings. The zero-order valence-corrected chi connectivity index (χ0v) is 10.4. The normalized spacial score (nSPS) is 13.6. The fourth-order valence-corrected chi connectivity index (χ4v) is 1.65. The number of rotatable bonds is 3. The van der Waals surface area contributed by atoms with Gasteiger partial charge < -0.3 is 14.8 Å². The average Bonchev–Trinajstić information content (AvgIpc) is 2.62. The smallest absolute Gasteiger partial charge is 0.338 e. The maximum Gasteiger partial charge on any atom is 0.338 e. The van der Waals surface area contributed by atoms with E-state index < -0.39 is 5.97 Å². The molecule has 1 aromatic rings. The van der Waals surface area contributed by atoms with Crippen molar-refractivity contribution in [2.24, 2.45) is 0 Å². The molecule has 18 heavy (non-hydrogen) atoms. The highest BCUT2D eigenvalue weighted by atomic mass is 16.5. The first-order valence-electron chi connectivity index (χ1n) is 5.95. The van der Waals surface area contributed by atoms with Crippen LogP contribution in [-0.4, -0.2) is 30.7 Å². The van der Waals surface area contributed by atoms with Crippen molar-refractivity contribution < 1.29 is 14.3 Å². The Hall–Kier alpha value is -2.04. The molecular formula is C13H16N2O3. The first-order valence-corrected chi connectivity index (χ1v) is 5.95. The third-order valence-electron chi connectivity index (χ3n) is 2.59. The summed E-state index contributed by atoms with van der Waals surface area (Å²) in [6, 6.07) is 1.76. The van der Waals surface area contributed by atoms with Crippen LogP contribution in [0.25, 0.3) is 5.57 Å². The Morgan fingerprint density at radius 3 is 3.28 bits per heavy atom. The molecule has 2 heterocycles. The second-order valence-corrected chi connectivity index (χ2v) is 3.90. The van der Waals surface area contributed by atoms with E-state index in [4.69, 9.17) is 9.47 Å². The summed E-state index contributed by atoms with van der Waals surface area (Å²) in [5.74, 6) is 0.921. The molecule has 0 saturated carbocycles. The zero-order valence-electron chi connectivity index (χ0n) is 10.4. The van der Waals surface area contributed by atoms with Crippen LogP contribution in [-0.2, 0) is 9.53 Å². The molecule has 1 aliphatic heterocycles. The third-order valence-corrected chi connectivity index (χ3v) is 2.59. The van der Waals surface area contributed by atoms with Crippen molar-refractivity contribution in [2.75, 3.05) is 25.1 Å². The number of fused-ring (bicyclic) bond motifs is 1. The summed E-state index contributed by atoms with van der Waals surface area (Å²) in [4.78, 5) is 15.8. The summed E-state index contributed by atoms with van der Waals surface area (Å²) in [6.07, 6.45) is 2.52. The lowest BCUT2D eigenvalue weighted by atomic mass is 10.1. The van der Waals surface area contributed by atoms with Crippen LogP contribution in [0.3, 0.4) is 0 Å². The van der Waals surface area contributed by atoms with Gasteiger partial charge in [-0.05, 0) is 19.4 Å². The monoisotopic (exact) mass is 248 g/mol. The molecule has 0 fully saturated rings. The number of esters is 1. The second-order valence-electron chi connectivity index (χ2n) is 3.90. The molecule has 0 unspecified atom stereocenters. The molecule has 0 spiro atoms. The molecule has 96 valence electrons. The number of hydrogen-bond donors (Lipinski definition) is 1. The molecule has 1 N–H and O–H groups in total. The summed E-state index contributed by atoms with van der Waals surface area (Å²) < 4.78 is 10.5. The minimum Gasteiger partial charge on any atom is -0.490 e. The summed E-state index contributed by atoms with van der Waals surface area (Å²) in [5, 5.41) is 3.16. The van der Waals surface area contributed by atoms with Crippen LogP contribution in [0.5, 0.6) is 5.75 Å². The highest BCUT2D eigenvalue weighted by Gasteiger charge is 2.15. The van der Waals surface area contributed by atoms with Crippen LogP contribution in [0.2, 0.25) is 0 Å². The van der Waals surface area contributed by atoms with Crippen molar-refractivity contribution in [2.45, 2.75) is 13.3 Å². The molecule has 0 aliphatic carbocycles. The number of nitrogens with zero attached hydrogens (tertiary/aromatic N) is 1. The largest absolute Gasteiger partial charge is 0.490 e. The molecule has 1 aromatic heterocycles. The molecule has 0 bridgehead atoms. The molecule has 0 aromatic carbocycles. The maximum atomic E-state index is 11.6. The van der Waals surface area contributed by atoms with Crippen molar-refractivity contribution in [3.05, 3.63) is 24.4 Å². The molecule has 0 saturated heterocycles. The number of pyridine rings is 1. The van der Waals surface area contributed by atoms with E-state index in [0.29, 0.717) is 35.9 Å². The Bertz CT molecular complexity index is 471. The van der Waals surface area contributed by atoms with Crippen LogP contribution in [0.4, 0.5) is 5.82 Å². The van der Waals surface area contributed by atoms with Crippen molar-refractivity contribution in [3.63, 3.8) is 0 Å². The summed E-state index contributed by atoms with van der Waals surface area (Å²) in [6.45, 7) is 7.28. The highest BCUT2D eigenvalue weighted by molar-refractivity contribution is 6.15. The maximum absolute atomic E-state index is 11.6. The van der Waals surface area contributed by atoms with Gasteiger partial charge in [-0.25, -0.2) is 9.78 Å². The molecule has 5 heteroatoms. The Morgan fingerprint density at radius 2 is 2.50 bits per heavy atom. The SMILES string of the molecule is C=C(C(=O)OCC)c1cnc2c(c1)OCCCN2. The van der Waals surface area contributed by atoms with Gasteiger partial charge in [-0.1, -0.05) is 6.58 Å². The fraction of sp³-hybridized carbons (Fsp3) is 0.385. The predicted molar refractivity (Wildman–Crippen MR) is 68.5 cm³/mol. The van der Waals surface area contributed by atoms with E-state index in [0.717, 1.165) is 13.0 Å². The Balaban J connectivity index is 2.22. The van der Waals surface area contributed by atoms with E-state index in [1.54, 1.807) is 19.2 Å². The number of aromatic nitrogens is 1. The number of hydrogen-bond acceptors (Lipinski definition) is 5. The van der Waals surface area contributed by atoms with Gasteiger partial charge in [-0.15, -0.1) is 0 Å². The lowest BCUT2D eigenvalue weighted by Gasteiger charge is -2.10. The topological polar surface area (TPSA) is 60.5 Å². The van der Waals surface area contributed by atoms with Crippen molar-refractivity contribution in [1.29, 1.82) is 0 Å². The number of carbonyl (C=O) groups excluding carboxylic acids is 1. The van der Waals surface area contributed by atoms with Gasteiger partial charge in [0.2, 0.25) is 0 Å². The van der Waals surface area contributed by atoms with Gasteiger partial charge in [0.25, 0.3) is 0 Å². The average molecular weight is 248 g/mol. The lowest BCUT2D eigenvalue weighted by molar-refractivity contribution is -0.136. The molecule has 5 nitrogen and oxygen atoms in total. The summed E-state index contributed by atoms with van der Waals surface area (Å²) in [5.41, 5.74) is 0.913. The van der Waals surface area contributed by atoms with Crippen LogP contribution in [0, 0.1) is 0 Å². The molecular weight excluding hydrogens is 232 g/mol. The van der Waals surface area contributed by atoms with E-state index >= 15 is 0 Å². The van der Waals surface area contributed by atoms with Gasteiger partial charge in [-0.3, -0.25) is 0 Å². The Labute approximate surface area is 106 Å². The Kier molecular flexibility index (Phi) is 3.82. The van der Waals surface area contributed by atoms with Crippen LogP contribution in [0.1, 0.15) is 18.9 Å². The van der Waals surface area contributed by atoms with Crippen molar-refractivity contribution >= 4 is 17.4 Å². The van der Waals surface area contributed by atoms with E-state index in [1.807, 2.05) is 0 Å². The van der Waals surface area contributed by atoms with Gasteiger partial charge in [0.15, 0.2) is 11.6 Å². The Morgan fingerprint density at radius 1 is 1.67 bits per heavy atom. The fourth-order valence-electron chi connectivity index (χ4n) is 1.65. The van der Waals surface area contributed by atoms with Crippen LogP contribution in [0.15, 0.2) is 18.8 Å². The van der Waals surface area contributed by atoms with E-state index in [-0.39, 0.29) is 0 Å². The molecule has 0 atom stereocenters. The van der Waals surface area contributed by atoms with E-state index in [1.165, 1.54) is 0 Å². The molecule has 0 amide bonds. The minimum atomic E-state index is -0.430. The summed E-state index contributed by atoms with van der Waals surface area (Å²) in [7, 11) is 0. The number of carbonyl (C=O) groups is 1. The van der Waals surface area contributed by atoms with Gasteiger partial charge in [0, 0.05) is 18.3 Å². The first kappa shape index (κ1) is 12.4. The van der Waals surface area contributed by atoms with Crippen LogP contribution >= 0.6 is 0 Å². The number of anilines is 1. The standard InChI is InChI=1S/C13H16N2O3/c1-3-17-13(16)9(2)10-7-11-12(15-8-10)14-5-4-6-18-11/h7-8H,2-6H2,1H3,(H,14,15). The summed E-state index contributed by atoms with van der Waals surface area (Å²) >= 11 is 0. The van der Waals surface area contributed by atoms with Crippen LogP contribution < -0.4 is 10.1 Å². The quantitative estimate of drug-likeness (QED) is 0.653. The van der Waals surface area contributed by atoms with Gasteiger partial charge >= 0.3 is 5.97 Å². The van der Waals surface area contributed by atoms with E-state index in [9.17, 15) is 4.79 Å². The third kappa shape index (κ3) is 2.61. The zero-order chi connectivity index (χ0) is 13.0. The molecule has 0 radical (unpaired) electrons. The van der Waals surface area contributed by atoms with E-state index in [2.05, 4.69) is 16.9 Å². The predicted octanol–water partition coefficient (Wildman–Crippen LogP) is 1.85. The second kappa shape index (κ2) is 5.53.